The summed E-state index contributed by atoms with van der Waals surface area (Å²) in [6.07, 6.45) is -1.44. The summed E-state index contributed by atoms with van der Waals surface area (Å²) >= 11 is 0. The number of rotatable bonds is 4. The maximum absolute atomic E-state index is 12.8. The third-order valence-corrected chi connectivity index (χ3v) is 5.88. The first-order valence-corrected chi connectivity index (χ1v) is 11.2. The molecule has 8 heteroatoms. The fourth-order valence-corrected chi connectivity index (χ4v) is 4.27. The van der Waals surface area contributed by atoms with E-state index < -0.39 is 12.3 Å². The number of nitrogens with one attached hydrogen (secondary N) is 1. The highest BCUT2D eigenvalue weighted by Gasteiger charge is 2.33. The number of aromatic nitrogens is 3. The maximum atomic E-state index is 12.8. The van der Waals surface area contributed by atoms with Crippen molar-refractivity contribution in [2.75, 3.05) is 0 Å². The Morgan fingerprint density at radius 3 is 2.49 bits per heavy atom. The third kappa shape index (κ3) is 3.74. The van der Waals surface area contributed by atoms with Gasteiger partial charge < -0.3 is 9.15 Å². The molecule has 0 saturated heterocycles. The van der Waals surface area contributed by atoms with E-state index in [0.717, 1.165) is 27.8 Å². The number of carbonyl (C=O) groups is 1. The smallest absolute Gasteiger partial charge is 0.409 e. The predicted octanol–water partition coefficient (Wildman–Crippen LogP) is 5.10. The van der Waals surface area contributed by atoms with Crippen molar-refractivity contribution in [1.82, 2.24) is 20.1 Å². The Labute approximate surface area is 200 Å². The van der Waals surface area contributed by atoms with Gasteiger partial charge in [-0.2, -0.15) is 0 Å². The van der Waals surface area contributed by atoms with E-state index in [1.807, 2.05) is 96.4 Å². The van der Waals surface area contributed by atoms with Gasteiger partial charge in [-0.3, -0.25) is 9.88 Å². The molecule has 0 fully saturated rings. The SMILES string of the molecule is Cc1nnc2n1-c1c(oc3ccccc13)C(c1ccccc1)=NC2NC(=O)OCc1ccccc1. The van der Waals surface area contributed by atoms with Gasteiger partial charge in [-0.1, -0.05) is 72.8 Å². The number of para-hydroxylation sites is 1. The number of furan rings is 1. The van der Waals surface area contributed by atoms with Gasteiger partial charge in [0.25, 0.3) is 0 Å². The van der Waals surface area contributed by atoms with Crippen LogP contribution in [0, 0.1) is 6.92 Å². The number of benzene rings is 3. The van der Waals surface area contributed by atoms with E-state index in [0.29, 0.717) is 23.1 Å². The zero-order valence-electron chi connectivity index (χ0n) is 18.9. The van der Waals surface area contributed by atoms with Crippen LogP contribution >= 0.6 is 0 Å². The second kappa shape index (κ2) is 8.57. The van der Waals surface area contributed by atoms with E-state index in [2.05, 4.69) is 15.5 Å². The molecule has 172 valence electrons. The van der Waals surface area contributed by atoms with Gasteiger partial charge in [-0.05, 0) is 24.6 Å². The summed E-state index contributed by atoms with van der Waals surface area (Å²) in [7, 11) is 0. The number of amides is 1. The van der Waals surface area contributed by atoms with E-state index in [-0.39, 0.29) is 6.61 Å². The molecule has 0 spiro atoms. The topological polar surface area (TPSA) is 94.5 Å². The number of carbonyl (C=O) groups excluding carboxylic acids is 1. The molecule has 3 aromatic carbocycles. The molecule has 1 unspecified atom stereocenters. The molecule has 1 aliphatic heterocycles. The van der Waals surface area contributed by atoms with Crippen LogP contribution in [-0.4, -0.2) is 26.6 Å². The highest BCUT2D eigenvalue weighted by molar-refractivity contribution is 6.16. The predicted molar refractivity (Wildman–Crippen MR) is 130 cm³/mol. The number of nitrogens with zero attached hydrogens (tertiary/aromatic N) is 4. The Morgan fingerprint density at radius 2 is 1.69 bits per heavy atom. The molecule has 8 nitrogen and oxygen atoms in total. The zero-order chi connectivity index (χ0) is 23.8. The summed E-state index contributed by atoms with van der Waals surface area (Å²) in [6, 6.07) is 27.0. The average Bonchev–Trinajstić information content (AvgIpc) is 3.42. The summed E-state index contributed by atoms with van der Waals surface area (Å²) in [6.45, 7) is 2.01. The van der Waals surface area contributed by atoms with Gasteiger partial charge in [-0.15, -0.1) is 10.2 Å². The van der Waals surface area contributed by atoms with Gasteiger partial charge >= 0.3 is 6.09 Å². The van der Waals surface area contributed by atoms with Gasteiger partial charge in [0.1, 0.15) is 29.4 Å². The lowest BCUT2D eigenvalue weighted by atomic mass is 10.1. The molecule has 5 aromatic rings. The Balaban J connectivity index is 1.45. The van der Waals surface area contributed by atoms with E-state index in [1.165, 1.54) is 0 Å². The lowest BCUT2D eigenvalue weighted by Gasteiger charge is -2.14. The highest BCUT2D eigenvalue weighted by Crippen LogP contribution is 2.36. The molecule has 1 aliphatic rings. The van der Waals surface area contributed by atoms with Crippen LogP contribution in [0.25, 0.3) is 16.7 Å². The summed E-state index contributed by atoms with van der Waals surface area (Å²) < 4.78 is 13.7. The molecule has 1 amide bonds. The first-order chi connectivity index (χ1) is 17.2. The van der Waals surface area contributed by atoms with Crippen molar-refractivity contribution < 1.29 is 13.9 Å². The van der Waals surface area contributed by atoms with Crippen LogP contribution in [0.3, 0.4) is 0 Å². The average molecular weight is 463 g/mol. The second-order valence-corrected chi connectivity index (χ2v) is 8.17. The fraction of sp³-hybridized carbons (Fsp3) is 0.111. The Bertz CT molecular complexity index is 1550. The number of alkyl carbamates (subject to hydrolysis) is 1. The van der Waals surface area contributed by atoms with E-state index in [1.54, 1.807) is 0 Å². The van der Waals surface area contributed by atoms with Gasteiger partial charge in [-0.25, -0.2) is 9.79 Å². The van der Waals surface area contributed by atoms with Crippen molar-refractivity contribution >= 4 is 22.8 Å². The number of aliphatic imine (C=N–C) groups is 1. The summed E-state index contributed by atoms with van der Waals surface area (Å²) in [5.74, 6) is 1.71. The minimum Gasteiger partial charge on any atom is -0.452 e. The number of hydrogen-bond acceptors (Lipinski definition) is 6. The van der Waals surface area contributed by atoms with E-state index in [4.69, 9.17) is 14.1 Å². The minimum absolute atomic E-state index is 0.144. The Morgan fingerprint density at radius 1 is 0.971 bits per heavy atom. The normalized spacial score (nSPS) is 14.5. The van der Waals surface area contributed by atoms with Crippen LogP contribution in [0.15, 0.2) is 94.3 Å². The molecule has 6 rings (SSSR count). The third-order valence-electron chi connectivity index (χ3n) is 5.88. The molecular formula is C27H21N5O3. The first kappa shape index (κ1) is 20.9. The lowest BCUT2D eigenvalue weighted by Crippen LogP contribution is -2.30. The molecule has 0 saturated carbocycles. The molecule has 2 aromatic heterocycles. The van der Waals surface area contributed by atoms with Crippen LogP contribution < -0.4 is 5.32 Å². The fourth-order valence-electron chi connectivity index (χ4n) is 4.27. The maximum Gasteiger partial charge on any atom is 0.409 e. The van der Waals surface area contributed by atoms with Crippen LogP contribution in [-0.2, 0) is 11.3 Å². The Hall–Kier alpha value is -4.72. The molecule has 0 aliphatic carbocycles. The lowest BCUT2D eigenvalue weighted by molar-refractivity contribution is 0.135. The Kier molecular flexibility index (Phi) is 5.11. The van der Waals surface area contributed by atoms with Crippen molar-refractivity contribution in [1.29, 1.82) is 0 Å². The monoisotopic (exact) mass is 463 g/mol. The minimum atomic E-state index is -0.837. The first-order valence-electron chi connectivity index (χ1n) is 11.2. The van der Waals surface area contributed by atoms with Crippen LogP contribution in [0.4, 0.5) is 4.79 Å². The van der Waals surface area contributed by atoms with Gasteiger partial charge in [0.15, 0.2) is 17.8 Å². The molecular weight excluding hydrogens is 442 g/mol. The number of hydrogen-bond donors (Lipinski definition) is 1. The molecule has 3 heterocycles. The van der Waals surface area contributed by atoms with Crippen molar-refractivity contribution in [3.05, 3.63) is 113 Å². The van der Waals surface area contributed by atoms with E-state index >= 15 is 0 Å². The molecule has 35 heavy (non-hydrogen) atoms. The molecule has 1 atom stereocenters. The van der Waals surface area contributed by atoms with Crippen molar-refractivity contribution in [2.45, 2.75) is 19.7 Å². The van der Waals surface area contributed by atoms with Crippen LogP contribution in [0.2, 0.25) is 0 Å². The largest absolute Gasteiger partial charge is 0.452 e. The number of ether oxygens (including phenoxy) is 1. The summed E-state index contributed by atoms with van der Waals surface area (Å²) in [5, 5.41) is 12.4. The molecule has 0 radical (unpaired) electrons. The van der Waals surface area contributed by atoms with Gasteiger partial charge in [0.2, 0.25) is 0 Å². The van der Waals surface area contributed by atoms with Crippen molar-refractivity contribution in [3.8, 4) is 5.69 Å². The number of fused-ring (bicyclic) bond motifs is 5. The quantitative estimate of drug-likeness (QED) is 0.400. The van der Waals surface area contributed by atoms with Crippen LogP contribution in [0.1, 0.15) is 34.7 Å². The molecule has 1 N–H and O–H groups in total. The van der Waals surface area contributed by atoms with Crippen LogP contribution in [0.5, 0.6) is 0 Å². The van der Waals surface area contributed by atoms with Crippen molar-refractivity contribution in [2.24, 2.45) is 4.99 Å². The highest BCUT2D eigenvalue weighted by atomic mass is 16.5. The number of aryl methyl sites for hydroxylation is 1. The zero-order valence-corrected chi connectivity index (χ0v) is 18.9. The van der Waals surface area contributed by atoms with Gasteiger partial charge in [0, 0.05) is 10.9 Å². The van der Waals surface area contributed by atoms with E-state index in [9.17, 15) is 4.79 Å². The van der Waals surface area contributed by atoms with Gasteiger partial charge in [0.05, 0.1) is 0 Å². The molecule has 0 bridgehead atoms. The summed E-state index contributed by atoms with van der Waals surface area (Å²) in [4.78, 5) is 17.7. The van der Waals surface area contributed by atoms with Crippen molar-refractivity contribution in [3.63, 3.8) is 0 Å². The standard InChI is InChI=1S/C27H21N5O3/c1-17-30-31-26-25(29-27(33)34-16-18-10-4-2-5-11-18)28-22(19-12-6-3-7-13-19)24-23(32(17)26)20-14-8-9-15-21(20)35-24/h2-15,25H,16H2,1H3,(H,29,33). The summed E-state index contributed by atoms with van der Waals surface area (Å²) in [5.41, 5.74) is 3.88. The second-order valence-electron chi connectivity index (χ2n) is 8.17.